The minimum Gasteiger partial charge on any atom is -0.497 e. The molecule has 35 heavy (non-hydrogen) atoms. The van der Waals surface area contributed by atoms with Crippen molar-refractivity contribution >= 4 is 11.6 Å². The Bertz CT molecular complexity index is 1290. The highest BCUT2D eigenvalue weighted by Crippen LogP contribution is 2.32. The van der Waals surface area contributed by atoms with Crippen LogP contribution in [0.5, 0.6) is 5.75 Å². The minimum absolute atomic E-state index is 0.878. The second-order valence-electron chi connectivity index (χ2n) is 7.97. The predicted molar refractivity (Wildman–Crippen MR) is 123 cm³/mol. The summed E-state index contributed by atoms with van der Waals surface area (Å²) in [4.78, 5) is 20.7. The molecule has 1 N–H and O–H groups in total. The maximum Gasteiger partial charge on any atom is 0.490 e. The smallest absolute Gasteiger partial charge is 0.490 e. The number of nitrogens with zero attached hydrogens (tertiary/aromatic N) is 4. The Morgan fingerprint density at radius 3 is 2.51 bits per heavy atom. The van der Waals surface area contributed by atoms with Crippen LogP contribution in [0.4, 0.5) is 13.2 Å². The van der Waals surface area contributed by atoms with Crippen molar-refractivity contribution in [2.45, 2.75) is 25.7 Å². The van der Waals surface area contributed by atoms with E-state index in [4.69, 9.17) is 19.6 Å². The summed E-state index contributed by atoms with van der Waals surface area (Å²) in [6.07, 6.45) is 1.94. The van der Waals surface area contributed by atoms with Gasteiger partial charge >= 0.3 is 12.1 Å². The summed E-state index contributed by atoms with van der Waals surface area (Å²) < 4.78 is 39.1. The third kappa shape index (κ3) is 5.78. The van der Waals surface area contributed by atoms with Crippen molar-refractivity contribution in [2.24, 2.45) is 0 Å². The molecule has 0 fully saturated rings. The second-order valence-corrected chi connectivity index (χ2v) is 7.97. The van der Waals surface area contributed by atoms with Gasteiger partial charge < -0.3 is 14.2 Å². The van der Waals surface area contributed by atoms with Gasteiger partial charge in [-0.25, -0.2) is 9.78 Å². The van der Waals surface area contributed by atoms with Crippen molar-refractivity contribution in [3.63, 3.8) is 0 Å². The van der Waals surface area contributed by atoms with Crippen LogP contribution in [0.2, 0.25) is 0 Å². The second kappa shape index (κ2) is 10.1. The largest absolute Gasteiger partial charge is 0.497 e. The number of imidazole rings is 1. The number of hydrogen-bond acceptors (Lipinski definition) is 5. The number of carboxylic acid groups (broad SMARTS) is 1. The van der Waals surface area contributed by atoms with Crippen LogP contribution in [0.1, 0.15) is 17.0 Å². The number of fused-ring (bicyclic) bond motifs is 2. The van der Waals surface area contributed by atoms with Crippen molar-refractivity contribution < 1.29 is 27.8 Å². The van der Waals surface area contributed by atoms with Crippen LogP contribution in [-0.2, 0) is 24.3 Å². The fourth-order valence-corrected chi connectivity index (χ4v) is 3.92. The Kier molecular flexibility index (Phi) is 7.02. The average Bonchev–Trinajstić information content (AvgIpc) is 3.46. The number of pyridine rings is 2. The number of carbonyl (C=O) groups is 1. The lowest BCUT2D eigenvalue weighted by Gasteiger charge is -2.13. The highest BCUT2D eigenvalue weighted by Gasteiger charge is 2.38. The number of rotatable bonds is 5. The van der Waals surface area contributed by atoms with Gasteiger partial charge in [-0.1, -0.05) is 18.2 Å². The number of methoxy groups -OCH3 is 1. The fraction of sp³-hybridized carbons (Fsp3) is 0.240. The molecule has 0 saturated heterocycles. The van der Waals surface area contributed by atoms with Crippen LogP contribution < -0.4 is 4.74 Å². The number of aliphatic carboxylic acids is 1. The topological polar surface area (TPSA) is 80.0 Å². The first kappa shape index (κ1) is 24.2. The number of aromatic nitrogens is 3. The van der Waals surface area contributed by atoms with Crippen LogP contribution >= 0.6 is 0 Å². The molecular weight excluding hydrogens is 461 g/mol. The van der Waals surface area contributed by atoms with Gasteiger partial charge in [0.2, 0.25) is 0 Å². The first-order chi connectivity index (χ1) is 16.7. The molecule has 7 nitrogen and oxygen atoms in total. The highest BCUT2D eigenvalue weighted by molar-refractivity contribution is 5.73. The zero-order chi connectivity index (χ0) is 25.0. The van der Waals surface area contributed by atoms with Crippen LogP contribution in [0.25, 0.3) is 16.8 Å². The van der Waals surface area contributed by atoms with Crippen LogP contribution in [0, 0.1) is 0 Å². The maximum absolute atomic E-state index is 10.6. The van der Waals surface area contributed by atoms with Crippen molar-refractivity contribution in [3.05, 3.63) is 84.1 Å². The zero-order valence-corrected chi connectivity index (χ0v) is 18.9. The van der Waals surface area contributed by atoms with Gasteiger partial charge in [-0.05, 0) is 47.0 Å². The molecule has 1 aliphatic heterocycles. The number of ether oxygens (including phenoxy) is 1. The van der Waals surface area contributed by atoms with E-state index in [0.29, 0.717) is 0 Å². The van der Waals surface area contributed by atoms with Gasteiger partial charge in [0, 0.05) is 44.6 Å². The van der Waals surface area contributed by atoms with E-state index in [0.717, 1.165) is 43.1 Å². The van der Waals surface area contributed by atoms with E-state index in [9.17, 15) is 13.2 Å². The summed E-state index contributed by atoms with van der Waals surface area (Å²) >= 11 is 0. The standard InChI is InChI=1S/C23H22N4O.C2HF3O2/c1-28-19-7-5-17(6-8-19)20-9-11-24-22-16-26(15-21(20)22)13-10-18-14-27-12-3-2-4-23(27)25-18;3-2(4,5)1(6)7/h2-9,11-12,14H,10,13,15-16H2,1H3;(H,6,7). The van der Waals surface area contributed by atoms with E-state index >= 15 is 0 Å². The molecule has 1 aliphatic rings. The summed E-state index contributed by atoms with van der Waals surface area (Å²) in [7, 11) is 1.69. The quantitative estimate of drug-likeness (QED) is 0.446. The maximum atomic E-state index is 10.6. The van der Waals surface area contributed by atoms with E-state index in [-0.39, 0.29) is 0 Å². The zero-order valence-electron chi connectivity index (χ0n) is 18.9. The van der Waals surface area contributed by atoms with Gasteiger partial charge in [0.05, 0.1) is 18.5 Å². The molecule has 0 aliphatic carbocycles. The molecular formula is C25H23F3N4O3. The van der Waals surface area contributed by atoms with E-state index in [1.54, 1.807) is 7.11 Å². The minimum atomic E-state index is -5.08. The molecule has 0 spiro atoms. The number of halogens is 3. The molecule has 0 radical (unpaired) electrons. The van der Waals surface area contributed by atoms with Crippen LogP contribution in [-0.4, -0.2) is 50.2 Å². The molecule has 0 amide bonds. The number of hydrogen-bond donors (Lipinski definition) is 1. The Morgan fingerprint density at radius 2 is 1.86 bits per heavy atom. The van der Waals surface area contributed by atoms with E-state index in [2.05, 4.69) is 38.7 Å². The number of benzene rings is 1. The molecule has 3 aromatic heterocycles. The van der Waals surface area contributed by atoms with Crippen LogP contribution in [0.15, 0.2) is 67.1 Å². The molecule has 182 valence electrons. The van der Waals surface area contributed by atoms with Gasteiger partial charge in [0.15, 0.2) is 0 Å². The summed E-state index contributed by atoms with van der Waals surface area (Å²) in [5.41, 5.74) is 7.13. The number of carboxylic acids is 1. The first-order valence-corrected chi connectivity index (χ1v) is 10.8. The van der Waals surface area contributed by atoms with Gasteiger partial charge in [-0.15, -0.1) is 0 Å². The van der Waals surface area contributed by atoms with Gasteiger partial charge in [-0.3, -0.25) is 9.88 Å². The number of alkyl halides is 3. The molecule has 0 atom stereocenters. The first-order valence-electron chi connectivity index (χ1n) is 10.8. The predicted octanol–water partition coefficient (Wildman–Crippen LogP) is 4.60. The molecule has 4 heterocycles. The molecule has 4 aromatic rings. The summed E-state index contributed by atoms with van der Waals surface area (Å²) in [5.74, 6) is -1.88. The van der Waals surface area contributed by atoms with Crippen molar-refractivity contribution in [2.75, 3.05) is 13.7 Å². The summed E-state index contributed by atoms with van der Waals surface area (Å²) in [6.45, 7) is 2.80. The van der Waals surface area contributed by atoms with Crippen LogP contribution in [0.3, 0.4) is 0 Å². The summed E-state index contributed by atoms with van der Waals surface area (Å²) in [5, 5.41) is 7.12. The lowest BCUT2D eigenvalue weighted by atomic mass is 10.0. The summed E-state index contributed by atoms with van der Waals surface area (Å²) in [6, 6.07) is 16.5. The third-order valence-electron chi connectivity index (χ3n) is 5.64. The fourth-order valence-electron chi connectivity index (χ4n) is 3.92. The van der Waals surface area contributed by atoms with E-state index in [1.807, 2.05) is 42.7 Å². The van der Waals surface area contributed by atoms with E-state index in [1.165, 1.54) is 22.4 Å². The molecule has 10 heteroatoms. The SMILES string of the molecule is COc1ccc(-c2ccnc3c2CN(CCc2cn4ccccc4n2)C3)cc1.O=C(O)C(F)(F)F. The van der Waals surface area contributed by atoms with Gasteiger partial charge in [0.1, 0.15) is 11.4 Å². The molecule has 5 rings (SSSR count). The Labute approximate surface area is 199 Å². The monoisotopic (exact) mass is 484 g/mol. The lowest BCUT2D eigenvalue weighted by molar-refractivity contribution is -0.192. The van der Waals surface area contributed by atoms with E-state index < -0.39 is 12.1 Å². The average molecular weight is 484 g/mol. The van der Waals surface area contributed by atoms with Crippen molar-refractivity contribution in [1.82, 2.24) is 19.3 Å². The van der Waals surface area contributed by atoms with Crippen molar-refractivity contribution in [3.8, 4) is 16.9 Å². The Hall–Kier alpha value is -3.92. The highest BCUT2D eigenvalue weighted by atomic mass is 19.4. The van der Waals surface area contributed by atoms with Crippen molar-refractivity contribution in [1.29, 1.82) is 0 Å². The molecule has 0 saturated carbocycles. The van der Waals surface area contributed by atoms with Gasteiger partial charge in [0.25, 0.3) is 0 Å². The third-order valence-corrected chi connectivity index (χ3v) is 5.64. The lowest BCUT2D eigenvalue weighted by Crippen LogP contribution is -2.21. The normalized spacial score (nSPS) is 13.3. The Balaban J connectivity index is 0.000000364. The van der Waals surface area contributed by atoms with Gasteiger partial charge in [-0.2, -0.15) is 13.2 Å². The molecule has 1 aromatic carbocycles. The Morgan fingerprint density at radius 1 is 1.11 bits per heavy atom. The molecule has 0 unspecified atom stereocenters. The molecule has 0 bridgehead atoms.